The van der Waals surface area contributed by atoms with Crippen LogP contribution in [0.5, 0.6) is 0 Å². The summed E-state index contributed by atoms with van der Waals surface area (Å²) in [5, 5.41) is 8.76. The Kier molecular flexibility index (Phi) is 17.9. The van der Waals surface area contributed by atoms with Crippen molar-refractivity contribution in [1.29, 1.82) is 0 Å². The lowest BCUT2D eigenvalue weighted by atomic mass is 10.2. The van der Waals surface area contributed by atoms with Gasteiger partial charge in [0.1, 0.15) is 0 Å². The maximum absolute atomic E-state index is 10.7. The molecule has 1 N–H and O–H groups in total. The van der Waals surface area contributed by atoms with Crippen molar-refractivity contribution in [2.24, 2.45) is 0 Å². The molecular formula is C18H38O8Si2. The quantitative estimate of drug-likeness (QED) is 0.236. The van der Waals surface area contributed by atoms with Gasteiger partial charge >= 0.3 is 23.6 Å². The van der Waals surface area contributed by atoms with Crippen LogP contribution >= 0.6 is 0 Å². The van der Waals surface area contributed by atoms with Crippen molar-refractivity contribution in [1.82, 2.24) is 0 Å². The van der Waals surface area contributed by atoms with Gasteiger partial charge in [0.15, 0.2) is 0 Å². The number of unbranched alkanes of at least 4 members (excludes halogenated alkanes) is 1. The predicted molar refractivity (Wildman–Crippen MR) is 113 cm³/mol. The van der Waals surface area contributed by atoms with Crippen molar-refractivity contribution in [2.45, 2.75) is 46.6 Å². The molecule has 0 aromatic carbocycles. The van der Waals surface area contributed by atoms with Gasteiger partial charge in [-0.1, -0.05) is 12.7 Å². The normalized spacial score (nSPS) is 12.3. The fourth-order valence-corrected chi connectivity index (χ4v) is 5.87. The third-order valence-electron chi connectivity index (χ3n) is 3.67. The van der Waals surface area contributed by atoms with Crippen LogP contribution in [0.25, 0.3) is 0 Å². The molecule has 0 bridgehead atoms. The van der Waals surface area contributed by atoms with E-state index in [4.69, 9.17) is 31.7 Å². The van der Waals surface area contributed by atoms with Crippen molar-refractivity contribution < 1.29 is 36.5 Å². The summed E-state index contributed by atoms with van der Waals surface area (Å²) in [5.74, 6) is -0.872. The lowest BCUT2D eigenvalue weighted by Crippen LogP contribution is -2.45. The molecule has 0 spiro atoms. The molecule has 0 rings (SSSR count). The van der Waals surface area contributed by atoms with E-state index in [2.05, 4.69) is 6.58 Å². The average molecular weight is 439 g/mol. The van der Waals surface area contributed by atoms with Gasteiger partial charge in [-0.05, 0) is 46.2 Å². The van der Waals surface area contributed by atoms with E-state index in [0.29, 0.717) is 37.9 Å². The van der Waals surface area contributed by atoms with Crippen LogP contribution in [0.1, 0.15) is 40.5 Å². The first-order valence-electron chi connectivity index (χ1n) is 9.36. The second-order valence-electron chi connectivity index (χ2n) is 5.49. The third-order valence-corrected chi connectivity index (χ3v) is 9.03. The summed E-state index contributed by atoms with van der Waals surface area (Å²) in [6.07, 6.45) is 3.22. The Morgan fingerprint density at radius 3 is 1.64 bits per heavy atom. The topological polar surface area (TPSA) is 92.7 Å². The highest BCUT2D eigenvalue weighted by Crippen LogP contribution is 2.19. The van der Waals surface area contributed by atoms with Crippen molar-refractivity contribution in [3.05, 3.63) is 23.9 Å². The van der Waals surface area contributed by atoms with Crippen LogP contribution in [-0.2, 0) is 31.4 Å². The van der Waals surface area contributed by atoms with E-state index in [-0.39, 0.29) is 0 Å². The number of allylic oxidation sites excluding steroid dienone is 1. The van der Waals surface area contributed by atoms with Crippen LogP contribution in [0.4, 0.5) is 0 Å². The Labute approximate surface area is 172 Å². The maximum atomic E-state index is 10.7. The summed E-state index contributed by atoms with van der Waals surface area (Å²) >= 11 is 0. The van der Waals surface area contributed by atoms with Crippen molar-refractivity contribution >= 4 is 23.6 Å². The molecule has 0 fully saturated rings. The summed E-state index contributed by atoms with van der Waals surface area (Å²) in [7, 11) is -0.371. The average Bonchev–Trinajstić information content (AvgIpc) is 2.68. The number of carboxylic acid groups (broad SMARTS) is 1. The molecule has 0 radical (unpaired) electrons. The first kappa shape index (κ1) is 29.3. The Morgan fingerprint density at radius 2 is 1.39 bits per heavy atom. The molecule has 0 aliphatic heterocycles. The fraction of sp³-hybridized carbons (Fsp3) is 0.722. The molecule has 0 aliphatic rings. The monoisotopic (exact) mass is 438 g/mol. The first-order valence-corrected chi connectivity index (χ1v) is 13.1. The molecule has 0 aromatic rings. The SMILES string of the molecule is C=C[Si](OC)(OC)OC.CCO[Si](CCC/C=C(\C)C(=O)O)(OCC)OCC. The molecule has 10 heteroatoms. The van der Waals surface area contributed by atoms with Crippen molar-refractivity contribution in [3.8, 4) is 0 Å². The number of hydrogen-bond acceptors (Lipinski definition) is 7. The lowest BCUT2D eigenvalue weighted by molar-refractivity contribution is -0.132. The molecule has 0 heterocycles. The van der Waals surface area contributed by atoms with E-state index >= 15 is 0 Å². The fourth-order valence-electron chi connectivity index (χ4n) is 2.23. The molecule has 0 aromatic heterocycles. The van der Waals surface area contributed by atoms with Gasteiger partial charge in [0.05, 0.1) is 0 Å². The first-order chi connectivity index (χ1) is 13.3. The highest BCUT2D eigenvalue weighted by atomic mass is 28.4. The summed E-state index contributed by atoms with van der Waals surface area (Å²) in [4.78, 5) is 10.7. The lowest BCUT2D eigenvalue weighted by Gasteiger charge is -2.28. The summed E-state index contributed by atoms with van der Waals surface area (Å²) in [6, 6.07) is 0.714. The molecule has 0 saturated heterocycles. The van der Waals surface area contributed by atoms with Gasteiger partial charge in [0.2, 0.25) is 0 Å². The van der Waals surface area contributed by atoms with Gasteiger partial charge in [-0.25, -0.2) is 4.79 Å². The molecule has 0 amide bonds. The highest BCUT2D eigenvalue weighted by Gasteiger charge is 2.39. The van der Waals surface area contributed by atoms with Gasteiger partial charge in [0, 0.05) is 52.8 Å². The van der Waals surface area contributed by atoms with E-state index < -0.39 is 23.6 Å². The largest absolute Gasteiger partial charge is 0.528 e. The molecule has 0 unspecified atom stereocenters. The molecule has 28 heavy (non-hydrogen) atoms. The molecule has 8 nitrogen and oxygen atoms in total. The van der Waals surface area contributed by atoms with E-state index in [1.165, 1.54) is 0 Å². The second kappa shape index (κ2) is 17.0. The van der Waals surface area contributed by atoms with E-state index in [9.17, 15) is 4.79 Å². The highest BCUT2D eigenvalue weighted by molar-refractivity contribution is 6.66. The van der Waals surface area contributed by atoms with Crippen LogP contribution in [-0.4, -0.2) is 69.8 Å². The minimum atomic E-state index is -2.57. The summed E-state index contributed by atoms with van der Waals surface area (Å²) < 4.78 is 32.1. The molecule has 0 saturated carbocycles. The Bertz CT molecular complexity index is 428. The van der Waals surface area contributed by atoms with Crippen LogP contribution in [0.2, 0.25) is 6.04 Å². The van der Waals surface area contributed by atoms with Crippen LogP contribution in [0.15, 0.2) is 23.9 Å². The standard InChI is InChI=1S/C13H26O5Si.C5H12O3Si/c1-5-16-19(17-6-2,18-7-3)11-9-8-10-12(4)13(14)15;1-5-9(6-2,7-3)8-4/h10H,5-9,11H2,1-4H3,(H,14,15);5H,1H2,2-4H3/b12-10+;. The van der Waals surface area contributed by atoms with Crippen molar-refractivity contribution in [2.75, 3.05) is 41.2 Å². The predicted octanol–water partition coefficient (Wildman–Crippen LogP) is 3.44. The Hall–Kier alpha value is -0.856. The number of carbonyl (C=O) groups is 1. The van der Waals surface area contributed by atoms with Crippen LogP contribution in [0.3, 0.4) is 0 Å². The zero-order valence-corrected chi connectivity index (χ0v) is 20.4. The minimum absolute atomic E-state index is 0.372. The Morgan fingerprint density at radius 1 is 0.964 bits per heavy atom. The van der Waals surface area contributed by atoms with Gasteiger partial charge in [-0.15, -0.1) is 0 Å². The van der Waals surface area contributed by atoms with E-state index in [1.807, 2.05) is 20.8 Å². The van der Waals surface area contributed by atoms with Crippen LogP contribution < -0.4 is 0 Å². The zero-order chi connectivity index (χ0) is 22.1. The number of hydrogen-bond donors (Lipinski definition) is 1. The molecule has 0 aliphatic carbocycles. The van der Waals surface area contributed by atoms with E-state index in [1.54, 1.807) is 40.0 Å². The maximum Gasteiger partial charge on any atom is 0.528 e. The zero-order valence-electron chi connectivity index (χ0n) is 18.4. The molecule has 0 atom stereocenters. The summed E-state index contributed by atoms with van der Waals surface area (Å²) in [5.41, 5.74) is 1.95. The van der Waals surface area contributed by atoms with Gasteiger partial charge in [-0.3, -0.25) is 0 Å². The minimum Gasteiger partial charge on any atom is -0.478 e. The van der Waals surface area contributed by atoms with E-state index in [0.717, 1.165) is 6.42 Å². The number of carboxylic acids is 1. The Balaban J connectivity index is 0. The van der Waals surface area contributed by atoms with Gasteiger partial charge < -0.3 is 31.7 Å². The number of aliphatic carboxylic acids is 1. The van der Waals surface area contributed by atoms with Gasteiger partial charge in [-0.2, -0.15) is 0 Å². The van der Waals surface area contributed by atoms with Crippen molar-refractivity contribution in [3.63, 3.8) is 0 Å². The molecule has 166 valence electrons. The third kappa shape index (κ3) is 11.9. The van der Waals surface area contributed by atoms with Gasteiger partial charge in [0.25, 0.3) is 0 Å². The second-order valence-corrected chi connectivity index (χ2v) is 11.1. The van der Waals surface area contributed by atoms with Crippen LogP contribution in [0, 0.1) is 0 Å². The number of rotatable bonds is 15. The molecular weight excluding hydrogens is 400 g/mol. The smallest absolute Gasteiger partial charge is 0.478 e. The summed E-state index contributed by atoms with van der Waals surface area (Å²) in [6.45, 7) is 12.6.